The van der Waals surface area contributed by atoms with Crippen molar-refractivity contribution < 1.29 is 9.63 Å². The molecule has 1 fully saturated rings. The van der Waals surface area contributed by atoms with Crippen molar-refractivity contribution in [1.29, 1.82) is 0 Å². The third-order valence-electron chi connectivity index (χ3n) is 4.06. The van der Waals surface area contributed by atoms with Gasteiger partial charge in [0, 0.05) is 42.8 Å². The molecule has 0 aromatic carbocycles. The molecule has 7 nitrogen and oxygen atoms in total. The summed E-state index contributed by atoms with van der Waals surface area (Å²) in [5, 5.41) is 13.9. The second kappa shape index (κ2) is 6.37. The maximum atomic E-state index is 9.84. The highest BCUT2D eigenvalue weighted by molar-refractivity contribution is 5.62. The van der Waals surface area contributed by atoms with Crippen molar-refractivity contribution in [1.82, 2.24) is 20.1 Å². The number of β-amino-alcohol motifs (C(OH)–C–C–N with tert-alkyl or cyclic N) is 1. The van der Waals surface area contributed by atoms with E-state index in [1.165, 1.54) is 0 Å². The number of aromatic nitrogens is 4. The number of piperidine rings is 1. The van der Waals surface area contributed by atoms with Gasteiger partial charge in [0.15, 0.2) is 0 Å². The molecule has 0 spiro atoms. The van der Waals surface area contributed by atoms with Gasteiger partial charge >= 0.3 is 0 Å². The molecule has 3 aromatic rings. The van der Waals surface area contributed by atoms with Crippen molar-refractivity contribution in [2.75, 3.05) is 18.0 Å². The lowest BCUT2D eigenvalue weighted by atomic mass is 10.1. The summed E-state index contributed by atoms with van der Waals surface area (Å²) in [5.74, 6) is 1.76. The molecule has 0 radical (unpaired) electrons. The third kappa shape index (κ3) is 2.98. The molecule has 0 bridgehead atoms. The Morgan fingerprint density at radius 1 is 1.21 bits per heavy atom. The zero-order chi connectivity index (χ0) is 16.4. The van der Waals surface area contributed by atoms with E-state index in [1.807, 2.05) is 24.3 Å². The first-order chi connectivity index (χ1) is 11.8. The van der Waals surface area contributed by atoms with Crippen LogP contribution in [0, 0.1) is 0 Å². The number of hydrogen-bond donors (Lipinski definition) is 1. The van der Waals surface area contributed by atoms with Crippen molar-refractivity contribution >= 4 is 5.82 Å². The van der Waals surface area contributed by atoms with Gasteiger partial charge in [0.25, 0.3) is 5.89 Å². The second-order valence-electron chi connectivity index (χ2n) is 5.81. The fraction of sp³-hybridized carbons (Fsp3) is 0.294. The quantitative estimate of drug-likeness (QED) is 0.790. The van der Waals surface area contributed by atoms with E-state index in [0.717, 1.165) is 36.3 Å². The van der Waals surface area contributed by atoms with Gasteiger partial charge in [0.1, 0.15) is 5.82 Å². The lowest BCUT2D eigenvalue weighted by Gasteiger charge is -2.31. The van der Waals surface area contributed by atoms with E-state index in [9.17, 15) is 5.11 Å². The van der Waals surface area contributed by atoms with Gasteiger partial charge in [-0.1, -0.05) is 5.16 Å². The second-order valence-corrected chi connectivity index (χ2v) is 5.81. The van der Waals surface area contributed by atoms with Gasteiger partial charge < -0.3 is 14.5 Å². The molecule has 1 unspecified atom stereocenters. The fourth-order valence-electron chi connectivity index (χ4n) is 2.84. The van der Waals surface area contributed by atoms with Crippen LogP contribution in [0.3, 0.4) is 0 Å². The Morgan fingerprint density at radius 2 is 2.17 bits per heavy atom. The van der Waals surface area contributed by atoms with Gasteiger partial charge in [-0.3, -0.25) is 4.98 Å². The summed E-state index contributed by atoms with van der Waals surface area (Å²) < 4.78 is 5.38. The van der Waals surface area contributed by atoms with Crippen molar-refractivity contribution in [3.8, 4) is 22.8 Å². The summed E-state index contributed by atoms with van der Waals surface area (Å²) in [6, 6.07) is 7.47. The highest BCUT2D eigenvalue weighted by Gasteiger charge is 2.20. The molecule has 4 heterocycles. The van der Waals surface area contributed by atoms with Gasteiger partial charge in [-0.15, -0.1) is 0 Å². The van der Waals surface area contributed by atoms with Crippen LogP contribution in [0.2, 0.25) is 0 Å². The molecule has 0 aliphatic carbocycles. The average Bonchev–Trinajstić information content (AvgIpc) is 3.13. The Hall–Kier alpha value is -2.80. The molecule has 122 valence electrons. The van der Waals surface area contributed by atoms with E-state index in [-0.39, 0.29) is 6.10 Å². The first kappa shape index (κ1) is 14.8. The topological polar surface area (TPSA) is 88.2 Å². The molecule has 1 atom stereocenters. The van der Waals surface area contributed by atoms with Crippen LogP contribution >= 0.6 is 0 Å². The summed E-state index contributed by atoms with van der Waals surface area (Å²) in [7, 11) is 0. The van der Waals surface area contributed by atoms with Crippen LogP contribution in [0.5, 0.6) is 0 Å². The number of hydrogen-bond acceptors (Lipinski definition) is 7. The van der Waals surface area contributed by atoms with Gasteiger partial charge in [0.05, 0.1) is 6.10 Å². The summed E-state index contributed by atoms with van der Waals surface area (Å²) in [6.45, 7) is 1.49. The van der Waals surface area contributed by atoms with E-state index < -0.39 is 0 Å². The predicted octanol–water partition coefficient (Wildman–Crippen LogP) is 2.15. The van der Waals surface area contributed by atoms with Gasteiger partial charge in [-0.2, -0.15) is 4.98 Å². The van der Waals surface area contributed by atoms with E-state index in [1.54, 1.807) is 18.6 Å². The Labute approximate surface area is 139 Å². The fourth-order valence-corrected chi connectivity index (χ4v) is 2.84. The largest absolute Gasteiger partial charge is 0.391 e. The van der Waals surface area contributed by atoms with Crippen molar-refractivity contribution in [3.63, 3.8) is 0 Å². The normalized spacial score (nSPS) is 17.9. The summed E-state index contributed by atoms with van der Waals surface area (Å²) in [5.41, 5.74) is 1.61. The Morgan fingerprint density at radius 3 is 3.00 bits per heavy atom. The summed E-state index contributed by atoms with van der Waals surface area (Å²) in [6.07, 6.45) is 6.62. The van der Waals surface area contributed by atoms with E-state index in [2.05, 4.69) is 25.0 Å². The van der Waals surface area contributed by atoms with Crippen molar-refractivity contribution in [3.05, 3.63) is 42.9 Å². The standard InChI is InChI=1S/C17H17N5O2/c23-14-4-2-8-22(11-14)15-9-12(5-7-19-15)17-20-16(21-24-17)13-3-1-6-18-10-13/h1,3,5-7,9-10,14,23H,2,4,8,11H2. The Kier molecular flexibility index (Phi) is 3.92. The van der Waals surface area contributed by atoms with Crippen molar-refractivity contribution in [2.24, 2.45) is 0 Å². The minimum Gasteiger partial charge on any atom is -0.391 e. The van der Waals surface area contributed by atoms with E-state index >= 15 is 0 Å². The van der Waals surface area contributed by atoms with Gasteiger partial charge in [0.2, 0.25) is 5.82 Å². The van der Waals surface area contributed by atoms with Crippen LogP contribution in [0.15, 0.2) is 47.4 Å². The molecule has 3 aromatic heterocycles. The monoisotopic (exact) mass is 323 g/mol. The number of nitrogens with zero attached hydrogens (tertiary/aromatic N) is 5. The number of anilines is 1. The Balaban J connectivity index is 1.61. The Bertz CT molecular complexity index is 821. The molecule has 1 aliphatic rings. The number of rotatable bonds is 3. The minimum absolute atomic E-state index is 0.301. The molecule has 4 rings (SSSR count). The minimum atomic E-state index is -0.301. The highest BCUT2D eigenvalue weighted by Crippen LogP contribution is 2.25. The third-order valence-corrected chi connectivity index (χ3v) is 4.06. The van der Waals surface area contributed by atoms with Crippen molar-refractivity contribution in [2.45, 2.75) is 18.9 Å². The van der Waals surface area contributed by atoms with Crippen LogP contribution in [-0.2, 0) is 0 Å². The van der Waals surface area contributed by atoms with E-state index in [0.29, 0.717) is 18.3 Å². The zero-order valence-corrected chi connectivity index (χ0v) is 13.0. The molecular formula is C17H17N5O2. The van der Waals surface area contributed by atoms with Crippen LogP contribution in [0.1, 0.15) is 12.8 Å². The smallest absolute Gasteiger partial charge is 0.258 e. The maximum absolute atomic E-state index is 9.84. The molecule has 24 heavy (non-hydrogen) atoms. The van der Waals surface area contributed by atoms with Gasteiger partial charge in [-0.05, 0) is 37.1 Å². The molecule has 1 aliphatic heterocycles. The zero-order valence-electron chi connectivity index (χ0n) is 13.0. The van der Waals surface area contributed by atoms with E-state index in [4.69, 9.17) is 4.52 Å². The number of aliphatic hydroxyl groups is 1. The molecular weight excluding hydrogens is 306 g/mol. The average molecular weight is 323 g/mol. The summed E-state index contributed by atoms with van der Waals surface area (Å²) in [4.78, 5) is 15.0. The first-order valence-corrected chi connectivity index (χ1v) is 7.93. The molecule has 1 saturated heterocycles. The van der Waals surface area contributed by atoms with Gasteiger partial charge in [-0.25, -0.2) is 4.98 Å². The van der Waals surface area contributed by atoms with Crippen LogP contribution in [-0.4, -0.2) is 44.4 Å². The first-order valence-electron chi connectivity index (χ1n) is 7.93. The SMILES string of the molecule is OC1CCCN(c2cc(-c3nc(-c4cccnc4)no3)ccn2)C1. The molecule has 0 amide bonds. The number of aliphatic hydroxyl groups excluding tert-OH is 1. The van der Waals surface area contributed by atoms with Crippen LogP contribution in [0.4, 0.5) is 5.82 Å². The highest BCUT2D eigenvalue weighted by atomic mass is 16.5. The summed E-state index contributed by atoms with van der Waals surface area (Å²) >= 11 is 0. The lowest BCUT2D eigenvalue weighted by molar-refractivity contribution is 0.154. The maximum Gasteiger partial charge on any atom is 0.258 e. The molecule has 7 heteroatoms. The van der Waals surface area contributed by atoms with Crippen LogP contribution in [0.25, 0.3) is 22.8 Å². The molecule has 1 N–H and O–H groups in total. The number of pyridine rings is 2. The predicted molar refractivity (Wildman–Crippen MR) is 88.2 cm³/mol. The lowest BCUT2D eigenvalue weighted by Crippen LogP contribution is -2.38. The molecule has 0 saturated carbocycles. The van der Waals surface area contributed by atoms with Crippen LogP contribution < -0.4 is 4.90 Å².